The van der Waals surface area contributed by atoms with E-state index in [1.807, 2.05) is 0 Å². The van der Waals surface area contributed by atoms with E-state index in [0.29, 0.717) is 5.92 Å². The molecule has 0 amide bonds. The summed E-state index contributed by atoms with van der Waals surface area (Å²) in [5, 5.41) is 0. The third kappa shape index (κ3) is 4.52. The molecule has 1 heteroatoms. The fourth-order valence-electron chi connectivity index (χ4n) is 8.90. The summed E-state index contributed by atoms with van der Waals surface area (Å²) in [6, 6.07) is 66.9. The quantitative estimate of drug-likeness (QED) is 0.179. The standard InChI is InChI=1S/C51H37N/c1-33(2)36-28-37(34-16-5-3-6-17-34)30-39(29-36)48-31-38(35-18-7-4-8-19-35)32-49(52-48)43-23-15-27-47-50(43)42-22-11-14-26-46(42)51(47)44-24-12-9-20-40(44)41-21-10-13-25-45(41)51/h3-33H,1-2H3. The van der Waals surface area contributed by atoms with Crippen LogP contribution in [-0.2, 0) is 5.41 Å². The fraction of sp³-hybridized carbons (Fsp3) is 0.0784. The topological polar surface area (TPSA) is 12.9 Å². The Morgan fingerprint density at radius 3 is 1.44 bits per heavy atom. The molecule has 0 aliphatic heterocycles. The lowest BCUT2D eigenvalue weighted by atomic mass is 9.70. The smallest absolute Gasteiger partial charge is 0.0725 e. The summed E-state index contributed by atoms with van der Waals surface area (Å²) < 4.78 is 0. The number of aromatic nitrogens is 1. The molecule has 10 rings (SSSR count). The zero-order chi connectivity index (χ0) is 34.8. The lowest BCUT2D eigenvalue weighted by Crippen LogP contribution is -2.25. The van der Waals surface area contributed by atoms with E-state index in [0.717, 1.165) is 28.1 Å². The van der Waals surface area contributed by atoms with Crippen LogP contribution in [0.15, 0.2) is 182 Å². The van der Waals surface area contributed by atoms with E-state index in [2.05, 4.69) is 196 Å². The predicted octanol–water partition coefficient (Wildman–Crippen LogP) is 13.2. The first-order valence-corrected chi connectivity index (χ1v) is 18.3. The van der Waals surface area contributed by atoms with Gasteiger partial charge in [-0.2, -0.15) is 0 Å². The van der Waals surface area contributed by atoms with Crippen molar-refractivity contribution in [2.45, 2.75) is 25.2 Å². The van der Waals surface area contributed by atoms with Gasteiger partial charge in [0.15, 0.2) is 0 Å². The number of benzene rings is 7. The Labute approximate surface area is 305 Å². The van der Waals surface area contributed by atoms with Gasteiger partial charge in [-0.05, 0) is 103 Å². The molecule has 246 valence electrons. The highest BCUT2D eigenvalue weighted by Gasteiger charge is 2.52. The molecule has 0 bridgehead atoms. The molecule has 2 aliphatic carbocycles. The minimum absolute atomic E-state index is 0.376. The van der Waals surface area contributed by atoms with Crippen LogP contribution >= 0.6 is 0 Å². The lowest BCUT2D eigenvalue weighted by molar-refractivity contribution is 0.794. The van der Waals surface area contributed by atoms with Crippen LogP contribution in [0.25, 0.3) is 67.0 Å². The molecule has 1 heterocycles. The molecule has 1 spiro atoms. The van der Waals surface area contributed by atoms with Crippen LogP contribution in [0.3, 0.4) is 0 Å². The summed E-state index contributed by atoms with van der Waals surface area (Å²) >= 11 is 0. The second-order valence-corrected chi connectivity index (χ2v) is 14.5. The van der Waals surface area contributed by atoms with Crippen molar-refractivity contribution in [3.8, 4) is 67.0 Å². The Morgan fingerprint density at radius 1 is 0.365 bits per heavy atom. The first kappa shape index (κ1) is 30.5. The third-order valence-electron chi connectivity index (χ3n) is 11.3. The van der Waals surface area contributed by atoms with Crippen molar-refractivity contribution in [1.82, 2.24) is 4.98 Å². The molecule has 0 N–H and O–H groups in total. The van der Waals surface area contributed by atoms with Crippen LogP contribution in [0.5, 0.6) is 0 Å². The number of hydrogen-bond acceptors (Lipinski definition) is 1. The Bertz CT molecular complexity index is 2600. The maximum atomic E-state index is 5.59. The van der Waals surface area contributed by atoms with Crippen molar-refractivity contribution < 1.29 is 0 Å². The number of rotatable bonds is 5. The van der Waals surface area contributed by atoms with Crippen LogP contribution in [0.4, 0.5) is 0 Å². The lowest BCUT2D eigenvalue weighted by Gasteiger charge is -2.30. The maximum absolute atomic E-state index is 5.59. The number of nitrogens with zero attached hydrogens (tertiary/aromatic N) is 1. The van der Waals surface area contributed by atoms with Crippen molar-refractivity contribution >= 4 is 0 Å². The van der Waals surface area contributed by atoms with E-state index >= 15 is 0 Å². The Hall–Kier alpha value is -6.31. The van der Waals surface area contributed by atoms with Gasteiger partial charge >= 0.3 is 0 Å². The third-order valence-corrected chi connectivity index (χ3v) is 11.3. The Morgan fingerprint density at radius 2 is 0.827 bits per heavy atom. The van der Waals surface area contributed by atoms with E-state index in [9.17, 15) is 0 Å². The number of pyridine rings is 1. The molecule has 0 radical (unpaired) electrons. The van der Waals surface area contributed by atoms with E-state index in [1.54, 1.807) is 0 Å². The van der Waals surface area contributed by atoms with Crippen LogP contribution in [0, 0.1) is 0 Å². The minimum Gasteiger partial charge on any atom is -0.248 e. The normalized spacial score (nSPS) is 13.1. The minimum atomic E-state index is -0.398. The van der Waals surface area contributed by atoms with Gasteiger partial charge in [0.2, 0.25) is 0 Å². The van der Waals surface area contributed by atoms with E-state index in [1.165, 1.54) is 66.8 Å². The monoisotopic (exact) mass is 663 g/mol. The largest absolute Gasteiger partial charge is 0.248 e. The van der Waals surface area contributed by atoms with Gasteiger partial charge in [-0.25, -0.2) is 4.98 Å². The molecule has 52 heavy (non-hydrogen) atoms. The summed E-state index contributed by atoms with van der Waals surface area (Å²) in [6.45, 7) is 4.54. The molecular weight excluding hydrogens is 627 g/mol. The van der Waals surface area contributed by atoms with Gasteiger partial charge in [0.25, 0.3) is 0 Å². The molecular formula is C51H37N. The zero-order valence-corrected chi connectivity index (χ0v) is 29.3. The highest BCUT2D eigenvalue weighted by Crippen LogP contribution is 2.63. The SMILES string of the molecule is CC(C)c1cc(-c2ccccc2)cc(-c2cc(-c3ccccc3)cc(-c3cccc4c3-c3ccccc3C43c4ccccc4-c4ccccc43)n2)c1. The van der Waals surface area contributed by atoms with Crippen molar-refractivity contribution in [1.29, 1.82) is 0 Å². The summed E-state index contributed by atoms with van der Waals surface area (Å²) in [7, 11) is 0. The Balaban J connectivity index is 1.25. The van der Waals surface area contributed by atoms with Crippen LogP contribution < -0.4 is 0 Å². The van der Waals surface area contributed by atoms with Gasteiger partial charge in [0, 0.05) is 11.1 Å². The highest BCUT2D eigenvalue weighted by molar-refractivity contribution is 6.00. The van der Waals surface area contributed by atoms with Gasteiger partial charge in [-0.1, -0.05) is 172 Å². The second kappa shape index (κ2) is 11.9. The van der Waals surface area contributed by atoms with E-state index in [4.69, 9.17) is 4.98 Å². The summed E-state index contributed by atoms with van der Waals surface area (Å²) in [5.41, 5.74) is 20.5. The molecule has 8 aromatic rings. The van der Waals surface area contributed by atoms with Crippen molar-refractivity contribution in [2.75, 3.05) is 0 Å². The van der Waals surface area contributed by atoms with Crippen molar-refractivity contribution in [3.63, 3.8) is 0 Å². The van der Waals surface area contributed by atoms with Gasteiger partial charge in [-0.15, -0.1) is 0 Å². The summed E-state index contributed by atoms with van der Waals surface area (Å²) in [6.07, 6.45) is 0. The molecule has 2 aliphatic rings. The van der Waals surface area contributed by atoms with Crippen LogP contribution in [0.1, 0.15) is 47.6 Å². The van der Waals surface area contributed by atoms with Crippen LogP contribution in [-0.4, -0.2) is 4.98 Å². The second-order valence-electron chi connectivity index (χ2n) is 14.5. The maximum Gasteiger partial charge on any atom is 0.0725 e. The number of fused-ring (bicyclic) bond motifs is 10. The molecule has 0 atom stereocenters. The predicted molar refractivity (Wildman–Crippen MR) is 216 cm³/mol. The zero-order valence-electron chi connectivity index (χ0n) is 29.3. The molecule has 7 aromatic carbocycles. The van der Waals surface area contributed by atoms with Gasteiger partial charge in [0.1, 0.15) is 0 Å². The molecule has 0 fully saturated rings. The highest BCUT2D eigenvalue weighted by atomic mass is 14.7. The summed E-state index contributed by atoms with van der Waals surface area (Å²) in [5.74, 6) is 0.376. The Kier molecular flexibility index (Phi) is 6.98. The van der Waals surface area contributed by atoms with Crippen molar-refractivity contribution in [2.24, 2.45) is 0 Å². The number of hydrogen-bond donors (Lipinski definition) is 0. The molecule has 1 nitrogen and oxygen atoms in total. The molecule has 0 saturated heterocycles. The molecule has 0 saturated carbocycles. The first-order valence-electron chi connectivity index (χ1n) is 18.3. The van der Waals surface area contributed by atoms with Crippen molar-refractivity contribution in [3.05, 3.63) is 210 Å². The average molecular weight is 664 g/mol. The fourth-order valence-corrected chi connectivity index (χ4v) is 8.90. The molecule has 0 unspecified atom stereocenters. The van der Waals surface area contributed by atoms with E-state index < -0.39 is 5.41 Å². The van der Waals surface area contributed by atoms with Gasteiger partial charge in [-0.3, -0.25) is 0 Å². The molecule has 1 aromatic heterocycles. The summed E-state index contributed by atoms with van der Waals surface area (Å²) in [4.78, 5) is 5.59. The van der Waals surface area contributed by atoms with Crippen LogP contribution in [0.2, 0.25) is 0 Å². The van der Waals surface area contributed by atoms with E-state index in [-0.39, 0.29) is 0 Å². The first-order chi connectivity index (χ1) is 25.6. The van der Waals surface area contributed by atoms with Gasteiger partial charge < -0.3 is 0 Å². The average Bonchev–Trinajstić information content (AvgIpc) is 3.69. The van der Waals surface area contributed by atoms with Gasteiger partial charge in [0.05, 0.1) is 16.8 Å².